The number of amides is 1. The fourth-order valence-corrected chi connectivity index (χ4v) is 1.47. The zero-order chi connectivity index (χ0) is 13.5. The van der Waals surface area contributed by atoms with Crippen molar-refractivity contribution in [2.24, 2.45) is 0 Å². The van der Waals surface area contributed by atoms with E-state index in [0.29, 0.717) is 12.1 Å². The molecule has 0 aromatic heterocycles. The molecule has 0 aliphatic heterocycles. The minimum Gasteiger partial charge on any atom is -0.467 e. The molecule has 1 atom stereocenters. The third-order valence-electron chi connectivity index (χ3n) is 2.42. The van der Waals surface area contributed by atoms with Gasteiger partial charge in [-0.3, -0.25) is 4.79 Å². The van der Waals surface area contributed by atoms with E-state index >= 15 is 0 Å². The fraction of sp³-hybridized carbons (Fsp3) is 0.385. The number of methoxy groups -OCH3 is 1. The molecule has 0 saturated heterocycles. The summed E-state index contributed by atoms with van der Waals surface area (Å²) in [5, 5.41) is 5.70. The van der Waals surface area contributed by atoms with Gasteiger partial charge in [-0.25, -0.2) is 4.79 Å². The number of anilines is 1. The maximum absolute atomic E-state index is 11.5. The number of nitrogens with one attached hydrogen (secondary N) is 2. The van der Waals surface area contributed by atoms with Crippen LogP contribution in [0.1, 0.15) is 24.2 Å². The molecule has 18 heavy (non-hydrogen) atoms. The van der Waals surface area contributed by atoms with Crippen molar-refractivity contribution < 1.29 is 14.3 Å². The van der Waals surface area contributed by atoms with E-state index in [0.717, 1.165) is 5.69 Å². The standard InChI is InChI=1S/C13H18N2O3/c1-4-14-12(16)10-5-7-11(8-6-10)15-9(2)13(17)18-3/h5-9,15H,4H2,1-3H3,(H,14,16). The molecule has 1 amide bonds. The van der Waals surface area contributed by atoms with Crippen molar-refractivity contribution in [1.82, 2.24) is 5.32 Å². The average Bonchev–Trinajstić information content (AvgIpc) is 2.38. The predicted octanol–water partition coefficient (Wildman–Crippen LogP) is 1.41. The van der Waals surface area contributed by atoms with Crippen molar-refractivity contribution in [1.29, 1.82) is 0 Å². The van der Waals surface area contributed by atoms with E-state index in [-0.39, 0.29) is 11.9 Å². The lowest BCUT2D eigenvalue weighted by atomic mass is 10.2. The van der Waals surface area contributed by atoms with Crippen LogP contribution in [0.3, 0.4) is 0 Å². The molecule has 1 unspecified atom stereocenters. The Morgan fingerprint density at radius 3 is 2.39 bits per heavy atom. The van der Waals surface area contributed by atoms with Gasteiger partial charge in [0, 0.05) is 17.8 Å². The molecule has 2 N–H and O–H groups in total. The van der Waals surface area contributed by atoms with Crippen LogP contribution in [0.4, 0.5) is 5.69 Å². The van der Waals surface area contributed by atoms with Gasteiger partial charge in [-0.05, 0) is 38.1 Å². The second-order valence-electron chi connectivity index (χ2n) is 3.83. The summed E-state index contributed by atoms with van der Waals surface area (Å²) >= 11 is 0. The summed E-state index contributed by atoms with van der Waals surface area (Å²) in [6, 6.07) is 6.49. The maximum Gasteiger partial charge on any atom is 0.327 e. The first-order valence-corrected chi connectivity index (χ1v) is 5.81. The van der Waals surface area contributed by atoms with Gasteiger partial charge < -0.3 is 15.4 Å². The molecule has 1 aromatic rings. The number of esters is 1. The molecule has 0 spiro atoms. The summed E-state index contributed by atoms with van der Waals surface area (Å²) in [5.41, 5.74) is 1.36. The topological polar surface area (TPSA) is 67.4 Å². The highest BCUT2D eigenvalue weighted by Gasteiger charge is 2.12. The first kappa shape index (κ1) is 14.0. The summed E-state index contributed by atoms with van der Waals surface area (Å²) in [4.78, 5) is 22.8. The van der Waals surface area contributed by atoms with Gasteiger partial charge in [0.25, 0.3) is 5.91 Å². The van der Waals surface area contributed by atoms with Gasteiger partial charge in [-0.1, -0.05) is 0 Å². The summed E-state index contributed by atoms with van der Waals surface area (Å²) in [5.74, 6) is -0.437. The molecule has 5 heteroatoms. The molecule has 0 bridgehead atoms. The van der Waals surface area contributed by atoms with Crippen LogP contribution in [0, 0.1) is 0 Å². The quantitative estimate of drug-likeness (QED) is 0.775. The van der Waals surface area contributed by atoms with Crippen molar-refractivity contribution >= 4 is 17.6 Å². The van der Waals surface area contributed by atoms with Gasteiger partial charge in [0.15, 0.2) is 0 Å². The number of hydrogen-bond donors (Lipinski definition) is 2. The lowest BCUT2D eigenvalue weighted by Gasteiger charge is -2.13. The van der Waals surface area contributed by atoms with Gasteiger partial charge in [0.2, 0.25) is 0 Å². The van der Waals surface area contributed by atoms with Crippen LogP contribution in [0.2, 0.25) is 0 Å². The Kier molecular flexibility index (Phi) is 5.17. The monoisotopic (exact) mass is 250 g/mol. The molecule has 1 rings (SSSR count). The van der Waals surface area contributed by atoms with E-state index in [1.54, 1.807) is 31.2 Å². The van der Waals surface area contributed by atoms with Crippen LogP contribution in [0.25, 0.3) is 0 Å². The Morgan fingerprint density at radius 2 is 1.89 bits per heavy atom. The third-order valence-corrected chi connectivity index (χ3v) is 2.42. The summed E-state index contributed by atoms with van der Waals surface area (Å²) in [7, 11) is 1.35. The predicted molar refractivity (Wildman–Crippen MR) is 69.5 cm³/mol. The van der Waals surface area contributed by atoms with Gasteiger partial charge in [0.1, 0.15) is 6.04 Å². The first-order valence-electron chi connectivity index (χ1n) is 5.81. The first-order chi connectivity index (χ1) is 8.58. The lowest BCUT2D eigenvalue weighted by Crippen LogP contribution is -2.27. The van der Waals surface area contributed by atoms with Crippen LogP contribution in [-0.4, -0.2) is 31.6 Å². The molecule has 0 aliphatic rings. The van der Waals surface area contributed by atoms with Crippen molar-refractivity contribution in [3.8, 4) is 0 Å². The number of rotatable bonds is 5. The second kappa shape index (κ2) is 6.64. The smallest absolute Gasteiger partial charge is 0.327 e. The van der Waals surface area contributed by atoms with Crippen LogP contribution in [0.15, 0.2) is 24.3 Å². The Bertz CT molecular complexity index is 415. The van der Waals surface area contributed by atoms with Gasteiger partial charge >= 0.3 is 5.97 Å². The molecule has 5 nitrogen and oxygen atoms in total. The maximum atomic E-state index is 11.5. The Hall–Kier alpha value is -2.04. The third kappa shape index (κ3) is 3.76. The highest BCUT2D eigenvalue weighted by atomic mass is 16.5. The van der Waals surface area contributed by atoms with Crippen LogP contribution in [-0.2, 0) is 9.53 Å². The van der Waals surface area contributed by atoms with E-state index < -0.39 is 6.04 Å². The lowest BCUT2D eigenvalue weighted by molar-refractivity contribution is -0.141. The van der Waals surface area contributed by atoms with E-state index in [4.69, 9.17) is 0 Å². The highest BCUT2D eigenvalue weighted by Crippen LogP contribution is 2.11. The summed E-state index contributed by atoms with van der Waals surface area (Å²) in [6.45, 7) is 4.17. The van der Waals surface area contributed by atoms with Crippen LogP contribution < -0.4 is 10.6 Å². The number of carbonyl (C=O) groups is 2. The number of hydrogen-bond acceptors (Lipinski definition) is 4. The zero-order valence-corrected chi connectivity index (χ0v) is 10.8. The number of carbonyl (C=O) groups excluding carboxylic acids is 2. The summed E-state index contributed by atoms with van der Waals surface area (Å²) in [6.07, 6.45) is 0. The van der Waals surface area contributed by atoms with Gasteiger partial charge in [-0.2, -0.15) is 0 Å². The van der Waals surface area contributed by atoms with Crippen LogP contribution >= 0.6 is 0 Å². The SMILES string of the molecule is CCNC(=O)c1ccc(NC(C)C(=O)OC)cc1. The fourth-order valence-electron chi connectivity index (χ4n) is 1.47. The van der Waals surface area contributed by atoms with E-state index in [1.807, 2.05) is 6.92 Å². The van der Waals surface area contributed by atoms with Crippen molar-refractivity contribution in [3.05, 3.63) is 29.8 Å². The molecule has 0 heterocycles. The minimum atomic E-state index is -0.426. The molecular formula is C13H18N2O3. The molecule has 0 aliphatic carbocycles. The minimum absolute atomic E-state index is 0.106. The zero-order valence-electron chi connectivity index (χ0n) is 10.8. The van der Waals surface area contributed by atoms with Crippen molar-refractivity contribution in [3.63, 3.8) is 0 Å². The van der Waals surface area contributed by atoms with Crippen molar-refractivity contribution in [2.75, 3.05) is 19.0 Å². The van der Waals surface area contributed by atoms with E-state index in [2.05, 4.69) is 15.4 Å². The highest BCUT2D eigenvalue weighted by molar-refractivity contribution is 5.94. The Labute approximate surface area is 107 Å². The Morgan fingerprint density at radius 1 is 1.28 bits per heavy atom. The number of ether oxygens (including phenoxy) is 1. The molecule has 98 valence electrons. The molecule has 0 radical (unpaired) electrons. The molecule has 0 fully saturated rings. The average molecular weight is 250 g/mol. The van der Waals surface area contributed by atoms with E-state index in [1.165, 1.54) is 7.11 Å². The molecular weight excluding hydrogens is 232 g/mol. The molecule has 1 aromatic carbocycles. The van der Waals surface area contributed by atoms with Crippen molar-refractivity contribution in [2.45, 2.75) is 19.9 Å². The van der Waals surface area contributed by atoms with Gasteiger partial charge in [-0.15, -0.1) is 0 Å². The number of benzene rings is 1. The van der Waals surface area contributed by atoms with Gasteiger partial charge in [0.05, 0.1) is 7.11 Å². The summed E-state index contributed by atoms with van der Waals surface area (Å²) < 4.78 is 4.61. The second-order valence-corrected chi connectivity index (χ2v) is 3.83. The Balaban J connectivity index is 2.65. The largest absolute Gasteiger partial charge is 0.467 e. The normalized spacial score (nSPS) is 11.5. The molecule has 0 saturated carbocycles. The van der Waals surface area contributed by atoms with E-state index in [9.17, 15) is 9.59 Å². The van der Waals surface area contributed by atoms with Crippen LogP contribution in [0.5, 0.6) is 0 Å².